The van der Waals surface area contributed by atoms with Gasteiger partial charge in [-0.2, -0.15) is 0 Å². The quantitative estimate of drug-likeness (QED) is 0.386. The largest absolute Gasteiger partial charge is 0.455 e. The number of H-pyrrole nitrogens is 1. The first-order valence-electron chi connectivity index (χ1n) is 9.20. The summed E-state index contributed by atoms with van der Waals surface area (Å²) >= 11 is 1.38. The van der Waals surface area contributed by atoms with E-state index in [0.29, 0.717) is 11.4 Å². The normalized spacial score (nSPS) is 10.7. The van der Waals surface area contributed by atoms with Crippen LogP contribution in [0.3, 0.4) is 0 Å². The molecular weight excluding hydrogens is 392 g/mol. The molecule has 3 N–H and O–H groups in total. The van der Waals surface area contributed by atoms with E-state index in [1.54, 1.807) is 0 Å². The SMILES string of the molecule is Cc1csc(CC(=O)NNC(=O)COC(=O)CCCc2c[nH]c3ccccc23)n1. The number of esters is 1. The number of fused-ring (bicyclic) bond motifs is 1. The molecule has 0 saturated carbocycles. The number of aryl methyl sites for hydroxylation is 2. The maximum Gasteiger partial charge on any atom is 0.306 e. The molecule has 0 spiro atoms. The van der Waals surface area contributed by atoms with E-state index in [4.69, 9.17) is 4.74 Å². The Balaban J connectivity index is 1.30. The predicted octanol–water partition coefficient (Wildman–Crippen LogP) is 2.19. The Bertz CT molecular complexity index is 1010. The van der Waals surface area contributed by atoms with Crippen molar-refractivity contribution >= 4 is 40.0 Å². The molecule has 0 radical (unpaired) electrons. The second kappa shape index (κ2) is 9.83. The number of hydrogen-bond donors (Lipinski definition) is 3. The maximum atomic E-state index is 11.8. The summed E-state index contributed by atoms with van der Waals surface area (Å²) in [7, 11) is 0. The lowest BCUT2D eigenvalue weighted by atomic mass is 10.1. The van der Waals surface area contributed by atoms with E-state index < -0.39 is 24.4 Å². The van der Waals surface area contributed by atoms with E-state index in [0.717, 1.165) is 28.6 Å². The standard InChI is InChI=1S/C20H22N4O4S/c1-13-12-29-19(22-13)9-17(25)23-24-18(26)11-28-20(27)8-4-5-14-10-21-16-7-3-2-6-15(14)16/h2-3,6-7,10,12,21H,4-5,8-9,11H2,1H3,(H,23,25)(H,24,26). The van der Waals surface area contributed by atoms with Gasteiger partial charge in [0.15, 0.2) is 6.61 Å². The fraction of sp³-hybridized carbons (Fsp3) is 0.300. The van der Waals surface area contributed by atoms with Crippen molar-refractivity contribution in [1.82, 2.24) is 20.8 Å². The van der Waals surface area contributed by atoms with Gasteiger partial charge in [0.1, 0.15) is 5.01 Å². The topological polar surface area (TPSA) is 113 Å². The van der Waals surface area contributed by atoms with Crippen LogP contribution in [-0.4, -0.2) is 34.4 Å². The molecule has 8 nitrogen and oxygen atoms in total. The van der Waals surface area contributed by atoms with E-state index in [9.17, 15) is 14.4 Å². The lowest BCUT2D eigenvalue weighted by molar-refractivity contribution is -0.149. The molecule has 0 atom stereocenters. The first-order chi connectivity index (χ1) is 14.0. The molecule has 29 heavy (non-hydrogen) atoms. The summed E-state index contributed by atoms with van der Waals surface area (Å²) in [6.07, 6.45) is 3.58. The molecule has 0 aliphatic carbocycles. The minimum absolute atomic E-state index is 0.0758. The Morgan fingerprint density at radius 3 is 2.76 bits per heavy atom. The average molecular weight is 414 g/mol. The van der Waals surface area contributed by atoms with Gasteiger partial charge in [-0.15, -0.1) is 11.3 Å². The van der Waals surface area contributed by atoms with Gasteiger partial charge in [0.25, 0.3) is 5.91 Å². The van der Waals surface area contributed by atoms with Crippen LogP contribution in [0.1, 0.15) is 29.1 Å². The third kappa shape index (κ3) is 6.15. The zero-order chi connectivity index (χ0) is 20.6. The number of nitrogens with one attached hydrogen (secondary N) is 3. The highest BCUT2D eigenvalue weighted by Gasteiger charge is 2.11. The fourth-order valence-corrected chi connectivity index (χ4v) is 3.59. The van der Waals surface area contributed by atoms with Gasteiger partial charge in [0, 0.05) is 34.6 Å². The number of ether oxygens (including phenoxy) is 1. The Morgan fingerprint density at radius 2 is 1.97 bits per heavy atom. The molecule has 0 unspecified atom stereocenters. The Hall–Kier alpha value is -3.20. The van der Waals surface area contributed by atoms with Crippen molar-refractivity contribution in [2.45, 2.75) is 32.6 Å². The number of hydrogen-bond acceptors (Lipinski definition) is 6. The number of carbonyl (C=O) groups excluding carboxylic acids is 3. The monoisotopic (exact) mass is 414 g/mol. The lowest BCUT2D eigenvalue weighted by Gasteiger charge is -2.07. The molecule has 2 amide bonds. The third-order valence-corrected chi connectivity index (χ3v) is 5.15. The molecule has 152 valence electrons. The molecule has 3 aromatic rings. The summed E-state index contributed by atoms with van der Waals surface area (Å²) in [5.74, 6) is -1.44. The number of rotatable bonds is 8. The van der Waals surface area contributed by atoms with Gasteiger partial charge in [-0.05, 0) is 31.4 Å². The van der Waals surface area contributed by atoms with Crippen molar-refractivity contribution in [3.8, 4) is 0 Å². The molecule has 2 aromatic heterocycles. The van der Waals surface area contributed by atoms with Crippen LogP contribution >= 0.6 is 11.3 Å². The van der Waals surface area contributed by atoms with Crippen molar-refractivity contribution in [2.75, 3.05) is 6.61 Å². The van der Waals surface area contributed by atoms with Crippen LogP contribution in [0.4, 0.5) is 0 Å². The number of nitrogens with zero attached hydrogens (tertiary/aromatic N) is 1. The van der Waals surface area contributed by atoms with E-state index in [-0.39, 0.29) is 12.8 Å². The first-order valence-corrected chi connectivity index (χ1v) is 10.1. The van der Waals surface area contributed by atoms with Gasteiger partial charge < -0.3 is 9.72 Å². The van der Waals surface area contributed by atoms with E-state index in [1.807, 2.05) is 42.8 Å². The highest BCUT2D eigenvalue weighted by atomic mass is 32.1. The van der Waals surface area contributed by atoms with Crippen LogP contribution in [-0.2, 0) is 32.0 Å². The zero-order valence-corrected chi connectivity index (χ0v) is 16.8. The number of aromatic amines is 1. The van der Waals surface area contributed by atoms with E-state index >= 15 is 0 Å². The average Bonchev–Trinajstić information content (AvgIpc) is 3.31. The minimum atomic E-state index is -0.598. The van der Waals surface area contributed by atoms with Gasteiger partial charge in [-0.3, -0.25) is 25.2 Å². The number of benzene rings is 1. The van der Waals surface area contributed by atoms with Gasteiger partial charge >= 0.3 is 5.97 Å². The smallest absolute Gasteiger partial charge is 0.306 e. The maximum absolute atomic E-state index is 11.8. The highest BCUT2D eigenvalue weighted by Crippen LogP contribution is 2.19. The number of para-hydroxylation sites is 1. The third-order valence-electron chi connectivity index (χ3n) is 4.19. The van der Waals surface area contributed by atoms with Gasteiger partial charge in [0.2, 0.25) is 5.91 Å². The van der Waals surface area contributed by atoms with Crippen molar-refractivity contribution in [3.63, 3.8) is 0 Å². The van der Waals surface area contributed by atoms with Gasteiger partial charge in [-0.25, -0.2) is 4.98 Å². The van der Waals surface area contributed by atoms with Crippen LogP contribution in [0.15, 0.2) is 35.8 Å². The summed E-state index contributed by atoms with van der Waals surface area (Å²) in [4.78, 5) is 42.6. The molecule has 0 aliphatic heterocycles. The summed E-state index contributed by atoms with van der Waals surface area (Å²) < 4.78 is 4.94. The Kier molecular flexibility index (Phi) is 6.96. The molecule has 0 fully saturated rings. The number of aromatic nitrogens is 2. The second-order valence-electron chi connectivity index (χ2n) is 6.53. The molecule has 3 rings (SSSR count). The highest BCUT2D eigenvalue weighted by molar-refractivity contribution is 7.09. The first kappa shape index (κ1) is 20.5. The number of amides is 2. The molecule has 2 heterocycles. The predicted molar refractivity (Wildman–Crippen MR) is 109 cm³/mol. The second-order valence-corrected chi connectivity index (χ2v) is 7.47. The number of carbonyl (C=O) groups is 3. The fourth-order valence-electron chi connectivity index (χ4n) is 2.82. The summed E-state index contributed by atoms with van der Waals surface area (Å²) in [5.41, 5.74) is 7.55. The molecule has 0 bridgehead atoms. The van der Waals surface area contributed by atoms with Crippen molar-refractivity contribution in [2.24, 2.45) is 0 Å². The minimum Gasteiger partial charge on any atom is -0.455 e. The number of hydrazine groups is 1. The molecule has 0 saturated heterocycles. The van der Waals surface area contributed by atoms with Crippen LogP contribution in [0.25, 0.3) is 10.9 Å². The van der Waals surface area contributed by atoms with Crippen LogP contribution in [0.2, 0.25) is 0 Å². The molecule has 9 heteroatoms. The lowest BCUT2D eigenvalue weighted by Crippen LogP contribution is -2.44. The number of thiazole rings is 1. The van der Waals surface area contributed by atoms with Crippen molar-refractivity contribution in [3.05, 3.63) is 52.1 Å². The molecule has 0 aliphatic rings. The van der Waals surface area contributed by atoms with Crippen molar-refractivity contribution < 1.29 is 19.1 Å². The molecular formula is C20H22N4O4S. The van der Waals surface area contributed by atoms with Gasteiger partial charge in [0.05, 0.1) is 6.42 Å². The summed E-state index contributed by atoms with van der Waals surface area (Å²) in [6, 6.07) is 7.98. The van der Waals surface area contributed by atoms with E-state index in [2.05, 4.69) is 20.8 Å². The van der Waals surface area contributed by atoms with Crippen LogP contribution < -0.4 is 10.9 Å². The Labute approximate surface area is 171 Å². The molecule has 1 aromatic carbocycles. The Morgan fingerprint density at radius 1 is 1.17 bits per heavy atom. The van der Waals surface area contributed by atoms with Crippen LogP contribution in [0, 0.1) is 6.92 Å². The summed E-state index contributed by atoms with van der Waals surface area (Å²) in [6.45, 7) is 1.40. The van der Waals surface area contributed by atoms with Crippen LogP contribution in [0.5, 0.6) is 0 Å². The van der Waals surface area contributed by atoms with Gasteiger partial charge in [-0.1, -0.05) is 18.2 Å². The van der Waals surface area contributed by atoms with E-state index in [1.165, 1.54) is 11.3 Å². The van der Waals surface area contributed by atoms with Crippen molar-refractivity contribution in [1.29, 1.82) is 0 Å². The summed E-state index contributed by atoms with van der Waals surface area (Å²) in [5, 5.41) is 3.65. The zero-order valence-electron chi connectivity index (χ0n) is 16.0.